The highest BCUT2D eigenvalue weighted by molar-refractivity contribution is 5.24. The molecule has 0 saturated carbocycles. The van der Waals surface area contributed by atoms with E-state index >= 15 is 0 Å². The summed E-state index contributed by atoms with van der Waals surface area (Å²) in [7, 11) is 1.98. The highest BCUT2D eigenvalue weighted by Gasteiger charge is 2.15. The van der Waals surface area contributed by atoms with Crippen LogP contribution < -0.4 is 5.32 Å². The minimum Gasteiger partial charge on any atom is -0.316 e. The van der Waals surface area contributed by atoms with Crippen molar-refractivity contribution in [3.8, 4) is 0 Å². The molecule has 1 heterocycles. The van der Waals surface area contributed by atoms with Gasteiger partial charge in [-0.05, 0) is 43.1 Å². The number of rotatable bonds is 7. The Labute approximate surface area is 126 Å². The van der Waals surface area contributed by atoms with E-state index in [0.29, 0.717) is 0 Å². The predicted molar refractivity (Wildman–Crippen MR) is 84.0 cm³/mol. The molecule has 0 bridgehead atoms. The van der Waals surface area contributed by atoms with Gasteiger partial charge in [0.1, 0.15) is 5.82 Å². The lowest BCUT2D eigenvalue weighted by Gasteiger charge is -2.18. The summed E-state index contributed by atoms with van der Waals surface area (Å²) in [5.41, 5.74) is 3.34. The molecule has 21 heavy (non-hydrogen) atoms. The van der Waals surface area contributed by atoms with E-state index in [0.717, 1.165) is 37.2 Å². The Bertz CT molecular complexity index is 577. The number of likely N-dealkylation sites (N-methyl/N-ethyl adjacent to an activating group) is 1. The average Bonchev–Trinajstić information content (AvgIpc) is 2.83. The predicted octanol–water partition coefficient (Wildman–Crippen LogP) is 3.06. The maximum absolute atomic E-state index is 13.5. The van der Waals surface area contributed by atoms with E-state index in [1.807, 2.05) is 17.8 Å². The number of benzene rings is 1. The van der Waals surface area contributed by atoms with Crippen LogP contribution in [-0.4, -0.2) is 22.9 Å². The van der Waals surface area contributed by atoms with Gasteiger partial charge in [0.2, 0.25) is 0 Å². The first-order valence-corrected chi connectivity index (χ1v) is 7.62. The van der Waals surface area contributed by atoms with Crippen LogP contribution in [0.2, 0.25) is 0 Å². The molecule has 0 radical (unpaired) electrons. The van der Waals surface area contributed by atoms with Crippen LogP contribution in [0.3, 0.4) is 0 Å². The number of aryl methyl sites for hydroxylation is 2. The Kier molecular flexibility index (Phi) is 5.51. The van der Waals surface area contributed by atoms with Gasteiger partial charge >= 0.3 is 0 Å². The number of aromatic nitrogens is 2. The van der Waals surface area contributed by atoms with Crippen LogP contribution in [0.25, 0.3) is 0 Å². The van der Waals surface area contributed by atoms with Crippen LogP contribution in [-0.2, 0) is 19.9 Å². The fourth-order valence-corrected chi connectivity index (χ4v) is 2.57. The van der Waals surface area contributed by atoms with Crippen molar-refractivity contribution in [2.24, 2.45) is 7.05 Å². The summed E-state index contributed by atoms with van der Waals surface area (Å²) in [6.07, 6.45) is 1.80. The molecule has 1 N–H and O–H groups in total. The van der Waals surface area contributed by atoms with E-state index in [1.165, 1.54) is 11.8 Å². The molecule has 1 aromatic heterocycles. The van der Waals surface area contributed by atoms with Gasteiger partial charge in [0.25, 0.3) is 0 Å². The molecule has 114 valence electrons. The molecular weight excluding hydrogens is 265 g/mol. The molecular formula is C17H24FN3. The minimum absolute atomic E-state index is 0.173. The van der Waals surface area contributed by atoms with Crippen molar-refractivity contribution in [2.45, 2.75) is 32.6 Å². The lowest BCUT2D eigenvalue weighted by molar-refractivity contribution is 0.563. The van der Waals surface area contributed by atoms with Crippen LogP contribution in [0.5, 0.6) is 0 Å². The van der Waals surface area contributed by atoms with E-state index < -0.39 is 0 Å². The normalized spacial score (nSPS) is 12.6. The molecule has 0 spiro atoms. The van der Waals surface area contributed by atoms with Crippen LogP contribution in [0.1, 0.15) is 36.7 Å². The van der Waals surface area contributed by atoms with Crippen molar-refractivity contribution < 1.29 is 4.39 Å². The number of hydrogen-bond acceptors (Lipinski definition) is 2. The molecule has 2 rings (SSSR count). The van der Waals surface area contributed by atoms with E-state index in [9.17, 15) is 4.39 Å². The molecule has 0 aliphatic carbocycles. The zero-order chi connectivity index (χ0) is 15.2. The second kappa shape index (κ2) is 7.36. The zero-order valence-corrected chi connectivity index (χ0v) is 13.1. The molecule has 0 fully saturated rings. The summed E-state index contributed by atoms with van der Waals surface area (Å²) in [6, 6.07) is 9.07. The van der Waals surface area contributed by atoms with Gasteiger partial charge < -0.3 is 5.32 Å². The summed E-state index contributed by atoms with van der Waals surface area (Å²) in [5, 5.41) is 7.87. The lowest BCUT2D eigenvalue weighted by atomic mass is 9.93. The second-order valence-corrected chi connectivity index (χ2v) is 5.37. The van der Waals surface area contributed by atoms with E-state index in [4.69, 9.17) is 0 Å². The molecule has 0 aliphatic heterocycles. The van der Waals surface area contributed by atoms with Crippen LogP contribution in [0.4, 0.5) is 4.39 Å². The Hall–Kier alpha value is -1.68. The topological polar surface area (TPSA) is 29.9 Å². The average molecular weight is 289 g/mol. The smallest absolute Gasteiger partial charge is 0.123 e. The van der Waals surface area contributed by atoms with Gasteiger partial charge in [-0.1, -0.05) is 26.0 Å². The maximum Gasteiger partial charge on any atom is 0.123 e. The highest BCUT2D eigenvalue weighted by Crippen LogP contribution is 2.21. The molecule has 1 aromatic carbocycles. The number of halogens is 1. The van der Waals surface area contributed by atoms with Crippen LogP contribution in [0.15, 0.2) is 30.3 Å². The van der Waals surface area contributed by atoms with Crippen molar-refractivity contribution in [3.05, 3.63) is 53.1 Å². The summed E-state index contributed by atoms with van der Waals surface area (Å²) in [5.74, 6) is 0.0778. The molecule has 4 heteroatoms. The first-order chi connectivity index (χ1) is 10.1. The van der Waals surface area contributed by atoms with Crippen molar-refractivity contribution in [2.75, 3.05) is 13.1 Å². The highest BCUT2D eigenvalue weighted by atomic mass is 19.1. The summed E-state index contributed by atoms with van der Waals surface area (Å²) in [6.45, 7) is 5.95. The summed E-state index contributed by atoms with van der Waals surface area (Å²) < 4.78 is 15.4. The lowest BCUT2D eigenvalue weighted by Crippen LogP contribution is -2.23. The van der Waals surface area contributed by atoms with Gasteiger partial charge in [-0.2, -0.15) is 5.10 Å². The van der Waals surface area contributed by atoms with Crippen LogP contribution in [0, 0.1) is 5.82 Å². The van der Waals surface area contributed by atoms with Crippen molar-refractivity contribution in [3.63, 3.8) is 0 Å². The Morgan fingerprint density at radius 2 is 2.10 bits per heavy atom. The van der Waals surface area contributed by atoms with Gasteiger partial charge in [-0.25, -0.2) is 4.39 Å². The Balaban J connectivity index is 2.21. The third kappa shape index (κ3) is 4.14. The molecule has 1 atom stereocenters. The van der Waals surface area contributed by atoms with E-state index in [-0.39, 0.29) is 11.7 Å². The molecule has 0 amide bonds. The summed E-state index contributed by atoms with van der Waals surface area (Å²) >= 11 is 0. The fourth-order valence-electron chi connectivity index (χ4n) is 2.57. The van der Waals surface area contributed by atoms with Gasteiger partial charge in [0.05, 0.1) is 5.69 Å². The maximum atomic E-state index is 13.5. The third-order valence-corrected chi connectivity index (χ3v) is 3.81. The largest absolute Gasteiger partial charge is 0.316 e. The Morgan fingerprint density at radius 3 is 2.71 bits per heavy atom. The fraction of sp³-hybridized carbons (Fsp3) is 0.471. The minimum atomic E-state index is -0.173. The van der Waals surface area contributed by atoms with E-state index in [1.54, 1.807) is 12.1 Å². The number of nitrogens with zero attached hydrogens (tertiary/aromatic N) is 2. The number of hydrogen-bond donors (Lipinski definition) is 1. The number of nitrogens with one attached hydrogen (secondary N) is 1. The van der Waals surface area contributed by atoms with Gasteiger partial charge in [0, 0.05) is 25.2 Å². The first kappa shape index (κ1) is 15.7. The standard InChI is InChI=1S/C17H24FN3/c1-4-16-11-17(21(3)20-16)10-14(12-19-5-2)13-7-6-8-15(18)9-13/h6-9,11,14,19H,4-5,10,12H2,1-3H3. The molecule has 3 nitrogen and oxygen atoms in total. The first-order valence-electron chi connectivity index (χ1n) is 7.62. The Morgan fingerprint density at radius 1 is 1.29 bits per heavy atom. The molecule has 2 aromatic rings. The van der Waals surface area contributed by atoms with Crippen molar-refractivity contribution >= 4 is 0 Å². The van der Waals surface area contributed by atoms with Gasteiger partial charge in [-0.15, -0.1) is 0 Å². The molecule has 1 unspecified atom stereocenters. The quantitative estimate of drug-likeness (QED) is 0.849. The molecule has 0 aliphatic rings. The van der Waals surface area contributed by atoms with Crippen LogP contribution >= 0.6 is 0 Å². The summed E-state index contributed by atoms with van der Waals surface area (Å²) in [4.78, 5) is 0. The monoisotopic (exact) mass is 289 g/mol. The second-order valence-electron chi connectivity index (χ2n) is 5.37. The van der Waals surface area contributed by atoms with E-state index in [2.05, 4.69) is 30.3 Å². The van der Waals surface area contributed by atoms with Crippen molar-refractivity contribution in [1.82, 2.24) is 15.1 Å². The van der Waals surface area contributed by atoms with Gasteiger partial charge in [0.15, 0.2) is 0 Å². The zero-order valence-electron chi connectivity index (χ0n) is 13.1. The SMILES string of the molecule is CCNCC(Cc1cc(CC)nn1C)c1cccc(F)c1. The molecule has 0 saturated heterocycles. The van der Waals surface area contributed by atoms with Gasteiger partial charge in [-0.3, -0.25) is 4.68 Å². The van der Waals surface area contributed by atoms with Crippen molar-refractivity contribution in [1.29, 1.82) is 0 Å². The third-order valence-electron chi connectivity index (χ3n) is 3.81.